The fourth-order valence-corrected chi connectivity index (χ4v) is 4.33. The summed E-state index contributed by atoms with van der Waals surface area (Å²) in [5.41, 5.74) is 17.7. The molecule has 14 heteroatoms. The van der Waals surface area contributed by atoms with Gasteiger partial charge in [-0.2, -0.15) is 0 Å². The van der Waals surface area contributed by atoms with Gasteiger partial charge < -0.3 is 71.9 Å². The van der Waals surface area contributed by atoms with Crippen molar-refractivity contribution >= 4 is 0 Å². The zero-order valence-corrected chi connectivity index (χ0v) is 17.4. The number of hydrogen-bond donors (Lipinski definition) is 10. The van der Waals surface area contributed by atoms with Crippen molar-refractivity contribution < 1.29 is 54.7 Å². The minimum absolute atomic E-state index is 0.0744. The molecule has 0 aromatic heterocycles. The second-order valence-electron chi connectivity index (χ2n) is 8.59. The third-order valence-electron chi connectivity index (χ3n) is 6.26. The van der Waals surface area contributed by atoms with Crippen molar-refractivity contribution in [3.63, 3.8) is 0 Å². The lowest BCUT2D eigenvalue weighted by Crippen LogP contribution is -2.65. The fraction of sp³-hybridized carbons (Fsp3) is 1.00. The molecule has 188 valence electrons. The maximum absolute atomic E-state index is 10.6. The van der Waals surface area contributed by atoms with Crippen molar-refractivity contribution in [3.05, 3.63) is 0 Å². The molecule has 0 aromatic rings. The zero-order chi connectivity index (χ0) is 23.7. The van der Waals surface area contributed by atoms with Crippen molar-refractivity contribution in [2.75, 3.05) is 13.2 Å². The summed E-state index contributed by atoms with van der Waals surface area (Å²) in [5.74, 6) is 0. The molecule has 0 aromatic carbocycles. The molecule has 14 nitrogen and oxygen atoms in total. The van der Waals surface area contributed by atoms with Crippen LogP contribution in [-0.2, 0) is 18.9 Å². The average molecular weight is 469 g/mol. The summed E-state index contributed by atoms with van der Waals surface area (Å²) in [7, 11) is 0. The van der Waals surface area contributed by atoms with Crippen LogP contribution in [0.25, 0.3) is 0 Å². The predicted octanol–water partition coefficient (Wildman–Crippen LogP) is -6.23. The van der Waals surface area contributed by atoms with Crippen molar-refractivity contribution in [2.45, 2.75) is 98.5 Å². The third kappa shape index (κ3) is 5.24. The Balaban J connectivity index is 1.75. The van der Waals surface area contributed by atoms with Gasteiger partial charge >= 0.3 is 0 Å². The standard InChI is InChI=1S/C18H35N3O11/c19-3-9-13(27)14(28)18(29-9)32-17-11(25)5(20)1-6(21)15(17)30-10-2-7(23)12(26)16(31-10)8(24)4-22/h5-18,22-28H,1-4,19-21H2/t5?,6?,7?,8-,9-,10+,11-,12+,13?,14?,15-,16?,17?,18+/m1/s1. The van der Waals surface area contributed by atoms with Crippen LogP contribution in [0.3, 0.4) is 0 Å². The lowest BCUT2D eigenvalue weighted by Gasteiger charge is -2.46. The van der Waals surface area contributed by atoms with E-state index in [2.05, 4.69) is 0 Å². The van der Waals surface area contributed by atoms with Crippen molar-refractivity contribution in [3.8, 4) is 0 Å². The van der Waals surface area contributed by atoms with Crippen LogP contribution < -0.4 is 17.2 Å². The predicted molar refractivity (Wildman–Crippen MR) is 104 cm³/mol. The number of rotatable bonds is 7. The quantitative estimate of drug-likeness (QED) is 0.166. The Morgan fingerprint density at radius 1 is 0.844 bits per heavy atom. The topological polar surface area (TPSA) is 257 Å². The molecule has 2 heterocycles. The molecule has 0 bridgehead atoms. The van der Waals surface area contributed by atoms with Gasteiger partial charge in [0.2, 0.25) is 0 Å². The largest absolute Gasteiger partial charge is 0.394 e. The minimum atomic E-state index is -1.48. The Morgan fingerprint density at radius 3 is 2.12 bits per heavy atom. The van der Waals surface area contributed by atoms with E-state index in [0.717, 1.165) is 0 Å². The lowest BCUT2D eigenvalue weighted by molar-refractivity contribution is -0.311. The van der Waals surface area contributed by atoms with Crippen LogP contribution in [0.15, 0.2) is 0 Å². The highest BCUT2D eigenvalue weighted by Gasteiger charge is 2.51. The Bertz CT molecular complexity index is 607. The Labute approximate surface area is 184 Å². The van der Waals surface area contributed by atoms with Crippen LogP contribution in [0.5, 0.6) is 0 Å². The Hall–Kier alpha value is -0.560. The summed E-state index contributed by atoms with van der Waals surface area (Å²) in [6.45, 7) is -0.792. The summed E-state index contributed by atoms with van der Waals surface area (Å²) in [5, 5.41) is 70.1. The fourth-order valence-electron chi connectivity index (χ4n) is 4.33. The summed E-state index contributed by atoms with van der Waals surface area (Å²) in [6.07, 6.45) is -15.4. The molecule has 3 fully saturated rings. The van der Waals surface area contributed by atoms with Gasteiger partial charge in [0.25, 0.3) is 0 Å². The molecular formula is C18H35N3O11. The van der Waals surface area contributed by atoms with E-state index in [1.54, 1.807) is 0 Å². The number of hydrogen-bond acceptors (Lipinski definition) is 14. The molecule has 1 saturated carbocycles. The third-order valence-corrected chi connectivity index (χ3v) is 6.26. The minimum Gasteiger partial charge on any atom is -0.394 e. The van der Waals surface area contributed by atoms with Crippen LogP contribution >= 0.6 is 0 Å². The van der Waals surface area contributed by atoms with Crippen LogP contribution in [0.4, 0.5) is 0 Å². The second kappa shape index (κ2) is 10.8. The Morgan fingerprint density at radius 2 is 1.53 bits per heavy atom. The molecule has 3 aliphatic rings. The highest BCUT2D eigenvalue weighted by molar-refractivity contribution is 5.00. The number of nitrogens with two attached hydrogens (primary N) is 3. The first-order valence-corrected chi connectivity index (χ1v) is 10.6. The van der Waals surface area contributed by atoms with Crippen LogP contribution in [0.2, 0.25) is 0 Å². The maximum Gasteiger partial charge on any atom is 0.187 e. The van der Waals surface area contributed by atoms with E-state index in [0.29, 0.717) is 0 Å². The molecule has 0 radical (unpaired) electrons. The van der Waals surface area contributed by atoms with Crippen molar-refractivity contribution in [2.24, 2.45) is 17.2 Å². The smallest absolute Gasteiger partial charge is 0.187 e. The van der Waals surface area contributed by atoms with E-state index in [1.165, 1.54) is 0 Å². The SMILES string of the molecule is NC[C@H]1O[C@@H](OC2[C@H](O)C(N)CC(N)[C@H]2O[C@@H]2CC(O)[C@H](O)C([C@H](O)CO)O2)C(O)C1O. The van der Waals surface area contributed by atoms with Crippen LogP contribution in [-0.4, -0.2) is 135 Å². The first-order chi connectivity index (χ1) is 15.1. The molecule has 0 spiro atoms. The highest BCUT2D eigenvalue weighted by Crippen LogP contribution is 2.32. The van der Waals surface area contributed by atoms with E-state index in [-0.39, 0.29) is 19.4 Å². The van der Waals surface area contributed by atoms with Gasteiger partial charge in [0.15, 0.2) is 12.6 Å². The van der Waals surface area contributed by atoms with E-state index >= 15 is 0 Å². The molecule has 2 saturated heterocycles. The van der Waals surface area contributed by atoms with Crippen molar-refractivity contribution in [1.29, 1.82) is 0 Å². The first kappa shape index (κ1) is 26.1. The van der Waals surface area contributed by atoms with Crippen molar-refractivity contribution in [1.82, 2.24) is 0 Å². The average Bonchev–Trinajstić information content (AvgIpc) is 3.03. The van der Waals surface area contributed by atoms with Gasteiger partial charge in [0.05, 0.1) is 18.8 Å². The molecule has 2 aliphatic heterocycles. The zero-order valence-electron chi connectivity index (χ0n) is 17.4. The monoisotopic (exact) mass is 469 g/mol. The molecule has 1 aliphatic carbocycles. The summed E-state index contributed by atoms with van der Waals surface area (Å²) >= 11 is 0. The van der Waals surface area contributed by atoms with Gasteiger partial charge in [0, 0.05) is 25.0 Å². The van der Waals surface area contributed by atoms with E-state index < -0.39 is 92.3 Å². The van der Waals surface area contributed by atoms with Gasteiger partial charge in [0.1, 0.15) is 48.8 Å². The number of aliphatic hydroxyl groups is 7. The molecule has 13 N–H and O–H groups in total. The number of ether oxygens (including phenoxy) is 4. The summed E-state index contributed by atoms with van der Waals surface area (Å²) < 4.78 is 22.6. The van der Waals surface area contributed by atoms with Gasteiger partial charge in [-0.3, -0.25) is 0 Å². The van der Waals surface area contributed by atoms with E-state index in [9.17, 15) is 35.7 Å². The van der Waals surface area contributed by atoms with Gasteiger partial charge in [-0.05, 0) is 6.42 Å². The second-order valence-corrected chi connectivity index (χ2v) is 8.59. The molecule has 7 unspecified atom stereocenters. The summed E-state index contributed by atoms with van der Waals surface area (Å²) in [4.78, 5) is 0. The van der Waals surface area contributed by atoms with Crippen LogP contribution in [0, 0.1) is 0 Å². The van der Waals surface area contributed by atoms with Gasteiger partial charge in [-0.1, -0.05) is 0 Å². The maximum atomic E-state index is 10.6. The molecular weight excluding hydrogens is 434 g/mol. The molecule has 3 rings (SSSR count). The van der Waals surface area contributed by atoms with E-state index in [1.807, 2.05) is 0 Å². The number of aliphatic hydroxyl groups excluding tert-OH is 7. The molecule has 0 amide bonds. The molecule has 14 atom stereocenters. The van der Waals surface area contributed by atoms with E-state index in [4.69, 9.17) is 36.1 Å². The molecule has 32 heavy (non-hydrogen) atoms. The summed E-state index contributed by atoms with van der Waals surface area (Å²) in [6, 6.07) is -1.55. The lowest BCUT2D eigenvalue weighted by atomic mass is 9.84. The van der Waals surface area contributed by atoms with Crippen LogP contribution in [0.1, 0.15) is 12.8 Å². The van der Waals surface area contributed by atoms with Gasteiger partial charge in [-0.25, -0.2) is 0 Å². The highest BCUT2D eigenvalue weighted by atomic mass is 16.7. The Kier molecular flexibility index (Phi) is 8.79. The van der Waals surface area contributed by atoms with Gasteiger partial charge in [-0.15, -0.1) is 0 Å². The first-order valence-electron chi connectivity index (χ1n) is 10.6. The normalized spacial score (nSPS) is 51.0.